The maximum atomic E-state index is 9.29. The summed E-state index contributed by atoms with van der Waals surface area (Å²) in [5.74, 6) is 0.427. The van der Waals surface area contributed by atoms with Crippen LogP contribution in [0.3, 0.4) is 0 Å². The van der Waals surface area contributed by atoms with Crippen molar-refractivity contribution in [2.75, 3.05) is 13.7 Å². The Bertz CT molecular complexity index is 713. The molecule has 3 nitrogen and oxygen atoms in total. The number of benzene rings is 2. The van der Waals surface area contributed by atoms with Crippen LogP contribution >= 0.6 is 0 Å². The maximum Gasteiger partial charge on any atom is 0.117 e. The fourth-order valence-corrected chi connectivity index (χ4v) is 2.14. The molecule has 0 unspecified atom stereocenters. The van der Waals surface area contributed by atoms with Gasteiger partial charge in [-0.1, -0.05) is 67.3 Å². The second-order valence-electron chi connectivity index (χ2n) is 5.04. The number of aliphatic hydroxyl groups is 1. The number of ether oxygens (including phenoxy) is 1. The van der Waals surface area contributed by atoms with E-state index in [0.717, 1.165) is 11.1 Å². The van der Waals surface area contributed by atoms with Crippen molar-refractivity contribution < 1.29 is 9.84 Å². The molecule has 0 aliphatic heterocycles. The van der Waals surface area contributed by atoms with Crippen LogP contribution in [0.1, 0.15) is 5.56 Å². The van der Waals surface area contributed by atoms with Crippen LogP contribution in [0.5, 0.6) is 0 Å². The molecule has 0 amide bonds. The van der Waals surface area contributed by atoms with Crippen LogP contribution < -0.4 is 5.73 Å². The largest absolute Gasteiger partial charge is 0.497 e. The fraction of sp³-hybridized carbons (Fsp3) is 0.100. The number of methoxy groups -OCH3 is 1. The van der Waals surface area contributed by atoms with Crippen LogP contribution in [-0.2, 0) is 4.74 Å². The molecule has 0 spiro atoms. The lowest BCUT2D eigenvalue weighted by Gasteiger charge is -2.07. The van der Waals surface area contributed by atoms with Gasteiger partial charge in [0.05, 0.1) is 13.7 Å². The molecule has 0 aliphatic rings. The second kappa shape index (κ2) is 8.01. The lowest BCUT2D eigenvalue weighted by Crippen LogP contribution is -1.98. The first-order chi connectivity index (χ1) is 11.2. The molecule has 0 fully saturated rings. The van der Waals surface area contributed by atoms with Crippen molar-refractivity contribution in [2.45, 2.75) is 0 Å². The Morgan fingerprint density at radius 3 is 2.22 bits per heavy atom. The zero-order valence-corrected chi connectivity index (χ0v) is 13.2. The van der Waals surface area contributed by atoms with Crippen LogP contribution in [0.4, 0.5) is 0 Å². The second-order valence-corrected chi connectivity index (χ2v) is 5.04. The van der Waals surface area contributed by atoms with Crippen molar-refractivity contribution in [3.63, 3.8) is 0 Å². The number of hydrogen-bond acceptors (Lipinski definition) is 3. The molecule has 0 saturated heterocycles. The molecule has 2 aromatic carbocycles. The zero-order valence-electron chi connectivity index (χ0n) is 13.2. The summed E-state index contributed by atoms with van der Waals surface area (Å²) in [5.41, 5.74) is 10.5. The Hall–Kier alpha value is -2.78. The van der Waals surface area contributed by atoms with Gasteiger partial charge in [-0.15, -0.1) is 0 Å². The van der Waals surface area contributed by atoms with Crippen LogP contribution in [-0.4, -0.2) is 18.8 Å². The smallest absolute Gasteiger partial charge is 0.117 e. The van der Waals surface area contributed by atoms with E-state index in [4.69, 9.17) is 10.5 Å². The third-order valence-corrected chi connectivity index (χ3v) is 3.56. The van der Waals surface area contributed by atoms with Crippen molar-refractivity contribution in [3.8, 4) is 11.1 Å². The summed E-state index contributed by atoms with van der Waals surface area (Å²) in [7, 11) is 1.52. The highest BCUT2D eigenvalue weighted by molar-refractivity contribution is 5.69. The molecule has 0 saturated carbocycles. The molecule has 3 heteroatoms. The van der Waals surface area contributed by atoms with E-state index in [0.29, 0.717) is 17.0 Å². The number of nitrogens with two attached hydrogens (primary N) is 1. The number of aliphatic hydroxyl groups excluding tert-OH is 1. The zero-order chi connectivity index (χ0) is 16.7. The minimum absolute atomic E-state index is 0.149. The van der Waals surface area contributed by atoms with E-state index in [2.05, 4.69) is 18.7 Å². The highest BCUT2D eigenvalue weighted by atomic mass is 16.5. The third-order valence-electron chi connectivity index (χ3n) is 3.56. The van der Waals surface area contributed by atoms with E-state index >= 15 is 0 Å². The van der Waals surface area contributed by atoms with Crippen LogP contribution in [0.15, 0.2) is 84.7 Å². The van der Waals surface area contributed by atoms with Crippen LogP contribution in [0, 0.1) is 0 Å². The molecular weight excluding hydrogens is 286 g/mol. The normalized spacial score (nSPS) is 12.1. The van der Waals surface area contributed by atoms with Gasteiger partial charge in [0.25, 0.3) is 0 Å². The van der Waals surface area contributed by atoms with Crippen molar-refractivity contribution in [1.29, 1.82) is 0 Å². The molecule has 2 rings (SSSR count). The molecule has 0 atom stereocenters. The van der Waals surface area contributed by atoms with Crippen molar-refractivity contribution in [3.05, 3.63) is 90.2 Å². The van der Waals surface area contributed by atoms with Gasteiger partial charge >= 0.3 is 0 Å². The molecule has 3 N–H and O–H groups in total. The van der Waals surface area contributed by atoms with Gasteiger partial charge in [0.15, 0.2) is 0 Å². The van der Waals surface area contributed by atoms with Gasteiger partial charge in [-0.25, -0.2) is 0 Å². The average Bonchev–Trinajstić information content (AvgIpc) is 2.62. The fourth-order valence-electron chi connectivity index (χ4n) is 2.14. The number of allylic oxidation sites excluding steroid dienone is 2. The summed E-state index contributed by atoms with van der Waals surface area (Å²) in [5, 5.41) is 9.29. The lowest BCUT2D eigenvalue weighted by atomic mass is 10.0. The standard InChI is InChI=1S/C20H21NO2/c1-15(23-2)19(14-22)12-13-20(21)18-10-8-17(9-11-18)16-6-4-3-5-7-16/h3-13,22H,1,14,21H2,2H3/b19-12-,20-13-. The average molecular weight is 307 g/mol. The quantitative estimate of drug-likeness (QED) is 0.631. The van der Waals surface area contributed by atoms with Crippen molar-refractivity contribution >= 4 is 5.70 Å². The first kappa shape index (κ1) is 16.6. The highest BCUT2D eigenvalue weighted by Crippen LogP contribution is 2.21. The molecule has 0 bridgehead atoms. The van der Waals surface area contributed by atoms with Gasteiger partial charge in [0.2, 0.25) is 0 Å². The van der Waals surface area contributed by atoms with Gasteiger partial charge in [-0.3, -0.25) is 0 Å². The summed E-state index contributed by atoms with van der Waals surface area (Å²) in [6.45, 7) is 3.57. The molecule has 0 aliphatic carbocycles. The molecule has 118 valence electrons. The topological polar surface area (TPSA) is 55.5 Å². The number of hydrogen-bond donors (Lipinski definition) is 2. The van der Waals surface area contributed by atoms with Crippen molar-refractivity contribution in [2.24, 2.45) is 5.73 Å². The van der Waals surface area contributed by atoms with Gasteiger partial charge in [-0.2, -0.15) is 0 Å². The molecular formula is C20H21NO2. The highest BCUT2D eigenvalue weighted by Gasteiger charge is 2.01. The Balaban J connectivity index is 2.20. The molecule has 0 aromatic heterocycles. The summed E-state index contributed by atoms with van der Waals surface area (Å²) < 4.78 is 5.01. The molecule has 0 heterocycles. The summed E-state index contributed by atoms with van der Waals surface area (Å²) in [6, 6.07) is 18.2. The Morgan fingerprint density at radius 2 is 1.65 bits per heavy atom. The monoisotopic (exact) mass is 307 g/mol. The van der Waals surface area contributed by atoms with E-state index in [1.165, 1.54) is 12.7 Å². The molecule has 23 heavy (non-hydrogen) atoms. The summed E-state index contributed by atoms with van der Waals surface area (Å²) in [6.07, 6.45) is 3.46. The van der Waals surface area contributed by atoms with E-state index in [1.807, 2.05) is 42.5 Å². The van der Waals surface area contributed by atoms with Gasteiger partial charge in [-0.05, 0) is 22.8 Å². The summed E-state index contributed by atoms with van der Waals surface area (Å²) >= 11 is 0. The van der Waals surface area contributed by atoms with E-state index < -0.39 is 0 Å². The maximum absolute atomic E-state index is 9.29. The predicted molar refractivity (Wildman–Crippen MR) is 95.4 cm³/mol. The van der Waals surface area contributed by atoms with Gasteiger partial charge < -0.3 is 15.6 Å². The van der Waals surface area contributed by atoms with E-state index in [1.54, 1.807) is 12.2 Å². The SMILES string of the molecule is C=C(OC)/C(=C\C=C(/N)c1ccc(-c2ccccc2)cc1)CO. The van der Waals surface area contributed by atoms with Crippen molar-refractivity contribution in [1.82, 2.24) is 0 Å². The van der Waals surface area contributed by atoms with Crippen LogP contribution in [0.2, 0.25) is 0 Å². The first-order valence-corrected chi connectivity index (χ1v) is 7.32. The molecule has 2 aromatic rings. The van der Waals surface area contributed by atoms with Gasteiger partial charge in [0.1, 0.15) is 5.76 Å². The molecule has 0 radical (unpaired) electrons. The minimum Gasteiger partial charge on any atom is -0.497 e. The van der Waals surface area contributed by atoms with Gasteiger partial charge in [0, 0.05) is 11.3 Å². The minimum atomic E-state index is -0.149. The Morgan fingerprint density at radius 1 is 1.04 bits per heavy atom. The Kier molecular flexibility index (Phi) is 5.78. The Labute approximate surface area is 137 Å². The predicted octanol–water partition coefficient (Wildman–Crippen LogP) is 3.73. The number of rotatable bonds is 6. The lowest BCUT2D eigenvalue weighted by molar-refractivity contribution is 0.274. The summed E-state index contributed by atoms with van der Waals surface area (Å²) in [4.78, 5) is 0. The van der Waals surface area contributed by atoms with E-state index in [-0.39, 0.29) is 6.61 Å². The van der Waals surface area contributed by atoms with E-state index in [9.17, 15) is 5.11 Å². The van der Waals surface area contributed by atoms with Crippen LogP contribution in [0.25, 0.3) is 16.8 Å². The third kappa shape index (κ3) is 4.34. The first-order valence-electron chi connectivity index (χ1n) is 7.32.